The minimum Gasteiger partial charge on any atom is -0.394 e. The average molecular weight is 253 g/mol. The van der Waals surface area contributed by atoms with Crippen molar-refractivity contribution in [2.45, 2.75) is 6.10 Å². The molecule has 1 heterocycles. The van der Waals surface area contributed by atoms with Gasteiger partial charge in [0.1, 0.15) is 17.8 Å². The highest BCUT2D eigenvalue weighted by molar-refractivity contribution is 5.51. The molecule has 8 heteroatoms. The molecule has 0 bridgehead atoms. The number of nitrogens with one attached hydrogen (secondary N) is 1. The third kappa shape index (κ3) is 2.79. The molecule has 1 aromatic heterocycles. The van der Waals surface area contributed by atoms with Crippen LogP contribution in [0.1, 0.15) is 0 Å². The van der Waals surface area contributed by atoms with Crippen molar-refractivity contribution in [2.75, 3.05) is 18.5 Å². The predicted molar refractivity (Wildman–Crippen MR) is 60.7 cm³/mol. The maximum atomic E-state index is 13.6. The lowest BCUT2D eigenvalue weighted by molar-refractivity contribution is 0.105. The van der Waals surface area contributed by atoms with E-state index >= 15 is 0 Å². The molecule has 0 saturated carbocycles. The van der Waals surface area contributed by atoms with Crippen molar-refractivity contribution >= 4 is 5.69 Å². The summed E-state index contributed by atoms with van der Waals surface area (Å²) in [6, 6.07) is 4.30. The van der Waals surface area contributed by atoms with Gasteiger partial charge in [-0.2, -0.15) is 4.68 Å². The van der Waals surface area contributed by atoms with Gasteiger partial charge in [-0.3, -0.25) is 0 Å². The Balaban J connectivity index is 2.17. The Labute approximate surface area is 102 Å². The summed E-state index contributed by atoms with van der Waals surface area (Å²) in [6.07, 6.45) is 0.414. The Morgan fingerprint density at radius 3 is 2.94 bits per heavy atom. The van der Waals surface area contributed by atoms with Gasteiger partial charge in [-0.15, -0.1) is 5.10 Å². The van der Waals surface area contributed by atoms with E-state index in [1.54, 1.807) is 0 Å². The van der Waals surface area contributed by atoms with Crippen LogP contribution < -0.4 is 5.32 Å². The third-order valence-electron chi connectivity index (χ3n) is 2.29. The van der Waals surface area contributed by atoms with Crippen LogP contribution in [0, 0.1) is 5.82 Å². The van der Waals surface area contributed by atoms with E-state index < -0.39 is 11.9 Å². The fourth-order valence-corrected chi connectivity index (χ4v) is 1.37. The molecule has 0 radical (unpaired) electrons. The van der Waals surface area contributed by atoms with Gasteiger partial charge in [0, 0.05) is 12.2 Å². The normalized spacial score (nSPS) is 12.4. The van der Waals surface area contributed by atoms with Gasteiger partial charge in [0.15, 0.2) is 0 Å². The number of hydrogen-bond donors (Lipinski definition) is 3. The molecule has 2 aromatic rings. The van der Waals surface area contributed by atoms with Crippen LogP contribution in [-0.2, 0) is 0 Å². The summed E-state index contributed by atoms with van der Waals surface area (Å²) in [7, 11) is 0. The predicted octanol–water partition coefficient (Wildman–Crippen LogP) is -0.434. The van der Waals surface area contributed by atoms with E-state index in [4.69, 9.17) is 5.11 Å². The first kappa shape index (κ1) is 12.4. The second-order valence-corrected chi connectivity index (χ2v) is 3.64. The molecule has 3 N–H and O–H groups in total. The maximum absolute atomic E-state index is 13.6. The van der Waals surface area contributed by atoms with Gasteiger partial charge in [0.05, 0.1) is 12.7 Å². The summed E-state index contributed by atoms with van der Waals surface area (Å²) in [5.74, 6) is -0.462. The smallest absolute Gasteiger partial charge is 0.149 e. The van der Waals surface area contributed by atoms with Crippen LogP contribution >= 0.6 is 0 Å². The van der Waals surface area contributed by atoms with Crippen LogP contribution in [0.25, 0.3) is 5.69 Å². The number of aliphatic hydroxyl groups excluding tert-OH is 2. The SMILES string of the molecule is OCC(O)CNc1ccc(F)c(-n2cnnn2)c1. The molecule has 0 amide bonds. The molecule has 0 fully saturated rings. The molecule has 0 aliphatic carbocycles. The van der Waals surface area contributed by atoms with Gasteiger partial charge in [-0.25, -0.2) is 4.39 Å². The van der Waals surface area contributed by atoms with E-state index in [0.717, 1.165) is 0 Å². The van der Waals surface area contributed by atoms with Crippen molar-refractivity contribution in [1.82, 2.24) is 20.2 Å². The zero-order valence-electron chi connectivity index (χ0n) is 9.36. The Bertz CT molecular complexity index is 505. The van der Waals surface area contributed by atoms with E-state index in [2.05, 4.69) is 20.8 Å². The molecular weight excluding hydrogens is 241 g/mol. The van der Waals surface area contributed by atoms with Crippen molar-refractivity contribution in [3.63, 3.8) is 0 Å². The fourth-order valence-electron chi connectivity index (χ4n) is 1.37. The number of aromatic nitrogens is 4. The van der Waals surface area contributed by atoms with Crippen LogP contribution in [0.2, 0.25) is 0 Å². The molecule has 1 unspecified atom stereocenters. The number of aliphatic hydroxyl groups is 2. The Kier molecular flexibility index (Phi) is 3.80. The zero-order valence-corrected chi connectivity index (χ0v) is 9.36. The third-order valence-corrected chi connectivity index (χ3v) is 2.29. The fraction of sp³-hybridized carbons (Fsp3) is 0.300. The Morgan fingerprint density at radius 2 is 2.28 bits per heavy atom. The number of anilines is 1. The largest absolute Gasteiger partial charge is 0.394 e. The highest BCUT2D eigenvalue weighted by Gasteiger charge is 2.08. The standard InChI is InChI=1S/C10H12FN5O2/c11-9-2-1-7(12-4-8(18)5-17)3-10(9)16-6-13-14-15-16/h1-3,6,8,12,17-18H,4-5H2. The lowest BCUT2D eigenvalue weighted by atomic mass is 10.2. The summed E-state index contributed by atoms with van der Waals surface area (Å²) in [4.78, 5) is 0. The van der Waals surface area contributed by atoms with Gasteiger partial charge in [0.2, 0.25) is 0 Å². The number of benzene rings is 1. The highest BCUT2D eigenvalue weighted by atomic mass is 19.1. The summed E-state index contributed by atoms with van der Waals surface area (Å²) in [5, 5.41) is 31.2. The minimum atomic E-state index is -0.869. The van der Waals surface area contributed by atoms with Crippen LogP contribution in [0.4, 0.5) is 10.1 Å². The lowest BCUT2D eigenvalue weighted by Crippen LogP contribution is -2.23. The second-order valence-electron chi connectivity index (χ2n) is 3.64. The van der Waals surface area contributed by atoms with Gasteiger partial charge < -0.3 is 15.5 Å². The molecule has 18 heavy (non-hydrogen) atoms. The molecule has 1 atom stereocenters. The number of rotatable bonds is 5. The zero-order chi connectivity index (χ0) is 13.0. The van der Waals surface area contributed by atoms with Crippen LogP contribution in [-0.4, -0.2) is 49.7 Å². The topological polar surface area (TPSA) is 96.1 Å². The van der Waals surface area contributed by atoms with Gasteiger partial charge in [-0.1, -0.05) is 0 Å². The number of tetrazole rings is 1. The summed E-state index contributed by atoms with van der Waals surface area (Å²) in [6.45, 7) is -0.175. The molecule has 96 valence electrons. The lowest BCUT2D eigenvalue weighted by Gasteiger charge is -2.11. The molecule has 0 aliphatic rings. The Morgan fingerprint density at radius 1 is 1.44 bits per heavy atom. The molecule has 0 spiro atoms. The number of nitrogens with zero attached hydrogens (tertiary/aromatic N) is 4. The van der Waals surface area contributed by atoms with E-state index in [9.17, 15) is 9.50 Å². The maximum Gasteiger partial charge on any atom is 0.149 e. The van der Waals surface area contributed by atoms with Gasteiger partial charge in [0.25, 0.3) is 0 Å². The molecule has 0 saturated heterocycles. The van der Waals surface area contributed by atoms with Crippen molar-refractivity contribution in [3.05, 3.63) is 30.3 Å². The molecular formula is C10H12FN5O2. The van der Waals surface area contributed by atoms with Crippen LogP contribution in [0.3, 0.4) is 0 Å². The molecule has 7 nitrogen and oxygen atoms in total. The van der Waals surface area contributed by atoms with Crippen LogP contribution in [0.5, 0.6) is 0 Å². The first-order valence-corrected chi connectivity index (χ1v) is 5.26. The summed E-state index contributed by atoms with van der Waals surface area (Å²) >= 11 is 0. The van der Waals surface area contributed by atoms with Crippen LogP contribution in [0.15, 0.2) is 24.5 Å². The van der Waals surface area contributed by atoms with Crippen molar-refractivity contribution in [1.29, 1.82) is 0 Å². The average Bonchev–Trinajstić information content (AvgIpc) is 2.91. The van der Waals surface area contributed by atoms with E-state index in [1.807, 2.05) is 0 Å². The highest BCUT2D eigenvalue weighted by Crippen LogP contribution is 2.17. The summed E-state index contributed by atoms with van der Waals surface area (Å²) < 4.78 is 14.8. The van der Waals surface area contributed by atoms with E-state index in [1.165, 1.54) is 29.2 Å². The van der Waals surface area contributed by atoms with Crippen molar-refractivity contribution in [3.8, 4) is 5.69 Å². The quantitative estimate of drug-likeness (QED) is 0.669. The van der Waals surface area contributed by atoms with Crippen molar-refractivity contribution < 1.29 is 14.6 Å². The minimum absolute atomic E-state index is 0.164. The first-order chi connectivity index (χ1) is 8.70. The number of hydrogen-bond acceptors (Lipinski definition) is 6. The van der Waals surface area contributed by atoms with E-state index in [-0.39, 0.29) is 18.8 Å². The Hall–Kier alpha value is -2.06. The molecule has 1 aromatic carbocycles. The molecule has 2 rings (SSSR count). The van der Waals surface area contributed by atoms with E-state index in [0.29, 0.717) is 5.69 Å². The van der Waals surface area contributed by atoms with Gasteiger partial charge >= 0.3 is 0 Å². The second kappa shape index (κ2) is 5.52. The molecule has 0 aliphatic heterocycles. The summed E-state index contributed by atoms with van der Waals surface area (Å²) in [5.41, 5.74) is 0.790. The first-order valence-electron chi connectivity index (χ1n) is 5.26. The monoisotopic (exact) mass is 253 g/mol. The van der Waals surface area contributed by atoms with Crippen molar-refractivity contribution in [2.24, 2.45) is 0 Å². The number of halogens is 1. The van der Waals surface area contributed by atoms with Gasteiger partial charge in [-0.05, 0) is 28.6 Å².